The molecule has 7 nitrogen and oxygen atoms in total. The van der Waals surface area contributed by atoms with Crippen LogP contribution in [-0.2, 0) is 27.3 Å². The normalized spacial score (nSPS) is 10.4. The van der Waals surface area contributed by atoms with Gasteiger partial charge in [0.1, 0.15) is 5.69 Å². The van der Waals surface area contributed by atoms with E-state index in [2.05, 4.69) is 15.0 Å². The van der Waals surface area contributed by atoms with Crippen LogP contribution >= 0.6 is 0 Å². The molecule has 0 spiro atoms. The summed E-state index contributed by atoms with van der Waals surface area (Å²) in [4.78, 5) is 22.1. The summed E-state index contributed by atoms with van der Waals surface area (Å²) >= 11 is 0. The molecule has 0 saturated carbocycles. The van der Waals surface area contributed by atoms with Gasteiger partial charge in [-0.2, -0.15) is 0 Å². The number of carbonyl (C=O) groups is 2. The summed E-state index contributed by atoms with van der Waals surface area (Å²) in [7, 11) is 1.35. The number of ether oxygens (including phenoxy) is 1. The van der Waals surface area contributed by atoms with Crippen molar-refractivity contribution in [3.8, 4) is 11.3 Å². The fraction of sp³-hybridized carbons (Fsp3) is 0.333. The summed E-state index contributed by atoms with van der Waals surface area (Å²) in [6, 6.07) is 9.37. The Hall–Kier alpha value is -2.70. The van der Waals surface area contributed by atoms with Crippen LogP contribution in [0.3, 0.4) is 0 Å². The molecule has 0 amide bonds. The summed E-state index contributed by atoms with van der Waals surface area (Å²) in [6.07, 6.45) is 0.627. The van der Waals surface area contributed by atoms with Crippen LogP contribution in [0.15, 0.2) is 30.3 Å². The van der Waals surface area contributed by atoms with Crippen LogP contribution in [0.1, 0.15) is 18.5 Å². The van der Waals surface area contributed by atoms with E-state index < -0.39 is 5.97 Å². The van der Waals surface area contributed by atoms with Gasteiger partial charge in [-0.25, -0.2) is 4.68 Å². The standard InChI is InChI=1S/C15H17N3O4/c1-22-14(21)8-5-9-18-15(11-6-3-2-4-7-11)12(16-17-18)10-13(19)20/h2-4,6-7H,5,8-10H2,1H3,(H,19,20). The number of methoxy groups -OCH3 is 1. The fourth-order valence-corrected chi connectivity index (χ4v) is 2.15. The van der Waals surface area contributed by atoms with Crippen LogP contribution in [0.25, 0.3) is 11.3 Å². The molecule has 0 unspecified atom stereocenters. The van der Waals surface area contributed by atoms with Crippen molar-refractivity contribution in [2.45, 2.75) is 25.8 Å². The molecule has 1 aromatic heterocycles. The van der Waals surface area contributed by atoms with Crippen LogP contribution in [-0.4, -0.2) is 39.1 Å². The Morgan fingerprint density at radius 1 is 1.27 bits per heavy atom. The van der Waals surface area contributed by atoms with E-state index in [9.17, 15) is 9.59 Å². The number of carboxylic acid groups (broad SMARTS) is 1. The molecule has 0 fully saturated rings. The lowest BCUT2D eigenvalue weighted by atomic mass is 10.1. The summed E-state index contributed by atoms with van der Waals surface area (Å²) in [5.41, 5.74) is 1.94. The van der Waals surface area contributed by atoms with E-state index in [4.69, 9.17) is 5.11 Å². The van der Waals surface area contributed by atoms with E-state index in [1.807, 2.05) is 30.3 Å². The van der Waals surface area contributed by atoms with Gasteiger partial charge in [0.05, 0.1) is 19.2 Å². The number of aromatic nitrogens is 3. The Kier molecular flexibility index (Phi) is 5.24. The Labute approximate surface area is 127 Å². The van der Waals surface area contributed by atoms with Crippen LogP contribution < -0.4 is 0 Å². The highest BCUT2D eigenvalue weighted by molar-refractivity contribution is 5.74. The number of aliphatic carboxylic acids is 1. The molecular weight excluding hydrogens is 286 g/mol. The maximum absolute atomic E-state index is 11.2. The molecule has 1 aromatic carbocycles. The number of benzene rings is 1. The Bertz CT molecular complexity index is 652. The van der Waals surface area contributed by atoms with Crippen LogP contribution in [0, 0.1) is 0 Å². The first-order valence-electron chi connectivity index (χ1n) is 6.88. The molecule has 0 aliphatic rings. The molecular formula is C15H17N3O4. The van der Waals surface area contributed by atoms with Gasteiger partial charge in [-0.1, -0.05) is 35.5 Å². The van der Waals surface area contributed by atoms with Crippen molar-refractivity contribution < 1.29 is 19.4 Å². The number of hydrogen-bond donors (Lipinski definition) is 1. The first-order chi connectivity index (χ1) is 10.6. The number of hydrogen-bond acceptors (Lipinski definition) is 5. The summed E-state index contributed by atoms with van der Waals surface area (Å²) in [5, 5.41) is 17.0. The van der Waals surface area contributed by atoms with E-state index in [0.717, 1.165) is 5.56 Å². The molecule has 7 heteroatoms. The number of esters is 1. The second kappa shape index (κ2) is 7.35. The van der Waals surface area contributed by atoms with Gasteiger partial charge in [-0.3, -0.25) is 9.59 Å². The van der Waals surface area contributed by atoms with Gasteiger partial charge in [-0.05, 0) is 6.42 Å². The van der Waals surface area contributed by atoms with Crippen molar-refractivity contribution in [2.24, 2.45) is 0 Å². The Morgan fingerprint density at radius 2 is 2.00 bits per heavy atom. The first kappa shape index (κ1) is 15.7. The predicted molar refractivity (Wildman–Crippen MR) is 78.0 cm³/mol. The quantitative estimate of drug-likeness (QED) is 0.779. The summed E-state index contributed by atoms with van der Waals surface area (Å²) in [5.74, 6) is -1.24. The van der Waals surface area contributed by atoms with Crippen molar-refractivity contribution in [3.05, 3.63) is 36.0 Å². The molecule has 0 aliphatic heterocycles. The number of aryl methyl sites for hydroxylation is 1. The molecule has 2 aromatic rings. The van der Waals surface area contributed by atoms with E-state index in [1.165, 1.54) is 7.11 Å². The third-order valence-corrected chi connectivity index (χ3v) is 3.15. The number of carbonyl (C=O) groups excluding carboxylic acids is 1. The van der Waals surface area contributed by atoms with Crippen LogP contribution in [0.4, 0.5) is 0 Å². The first-order valence-corrected chi connectivity index (χ1v) is 6.88. The number of rotatable bonds is 7. The SMILES string of the molecule is COC(=O)CCCn1nnc(CC(=O)O)c1-c1ccccc1. The zero-order valence-corrected chi connectivity index (χ0v) is 12.2. The molecule has 1 N–H and O–H groups in total. The number of nitrogens with zero attached hydrogens (tertiary/aromatic N) is 3. The van der Waals surface area contributed by atoms with Crippen LogP contribution in [0.5, 0.6) is 0 Å². The van der Waals surface area contributed by atoms with E-state index in [-0.39, 0.29) is 18.8 Å². The molecule has 0 bridgehead atoms. The second-order valence-corrected chi connectivity index (χ2v) is 4.72. The van der Waals surface area contributed by atoms with Crippen molar-refractivity contribution in [1.29, 1.82) is 0 Å². The monoisotopic (exact) mass is 303 g/mol. The maximum atomic E-state index is 11.2. The largest absolute Gasteiger partial charge is 0.481 e. The molecule has 2 rings (SSSR count). The molecule has 0 radical (unpaired) electrons. The lowest BCUT2D eigenvalue weighted by molar-refractivity contribution is -0.140. The third-order valence-electron chi connectivity index (χ3n) is 3.15. The Balaban J connectivity index is 2.24. The van der Waals surface area contributed by atoms with Crippen molar-refractivity contribution >= 4 is 11.9 Å². The zero-order valence-electron chi connectivity index (χ0n) is 12.2. The maximum Gasteiger partial charge on any atom is 0.309 e. The highest BCUT2D eigenvalue weighted by Crippen LogP contribution is 2.23. The van der Waals surface area contributed by atoms with Gasteiger partial charge in [-0.15, -0.1) is 5.10 Å². The van der Waals surface area contributed by atoms with Crippen LogP contribution in [0.2, 0.25) is 0 Å². The molecule has 0 saturated heterocycles. The smallest absolute Gasteiger partial charge is 0.309 e. The second-order valence-electron chi connectivity index (χ2n) is 4.72. The van der Waals surface area contributed by atoms with Crippen molar-refractivity contribution in [2.75, 3.05) is 7.11 Å². The summed E-state index contributed by atoms with van der Waals surface area (Å²) < 4.78 is 6.23. The molecule has 116 valence electrons. The molecule has 0 atom stereocenters. The van der Waals surface area contributed by atoms with Gasteiger partial charge in [0.15, 0.2) is 0 Å². The van der Waals surface area contributed by atoms with E-state index >= 15 is 0 Å². The van der Waals surface area contributed by atoms with Crippen molar-refractivity contribution in [1.82, 2.24) is 15.0 Å². The van der Waals surface area contributed by atoms with E-state index in [0.29, 0.717) is 24.4 Å². The predicted octanol–water partition coefficient (Wildman–Crippen LogP) is 1.53. The fourth-order valence-electron chi connectivity index (χ4n) is 2.15. The molecule has 0 aliphatic carbocycles. The molecule has 1 heterocycles. The van der Waals surface area contributed by atoms with Gasteiger partial charge in [0.25, 0.3) is 0 Å². The zero-order chi connectivity index (χ0) is 15.9. The minimum absolute atomic E-state index is 0.193. The third kappa shape index (κ3) is 3.91. The minimum atomic E-state index is -0.959. The highest BCUT2D eigenvalue weighted by atomic mass is 16.5. The highest BCUT2D eigenvalue weighted by Gasteiger charge is 2.17. The molecule has 22 heavy (non-hydrogen) atoms. The van der Waals surface area contributed by atoms with Gasteiger partial charge in [0, 0.05) is 18.5 Å². The van der Waals surface area contributed by atoms with Crippen molar-refractivity contribution in [3.63, 3.8) is 0 Å². The summed E-state index contributed by atoms with van der Waals surface area (Å²) in [6.45, 7) is 0.464. The topological polar surface area (TPSA) is 94.3 Å². The number of carboxylic acids is 1. The minimum Gasteiger partial charge on any atom is -0.481 e. The Morgan fingerprint density at radius 3 is 2.64 bits per heavy atom. The van der Waals surface area contributed by atoms with E-state index in [1.54, 1.807) is 4.68 Å². The lowest BCUT2D eigenvalue weighted by Gasteiger charge is -2.07. The van der Waals surface area contributed by atoms with Gasteiger partial charge in [0.2, 0.25) is 0 Å². The van der Waals surface area contributed by atoms with Gasteiger partial charge >= 0.3 is 11.9 Å². The van der Waals surface area contributed by atoms with Gasteiger partial charge < -0.3 is 9.84 Å². The average molecular weight is 303 g/mol. The average Bonchev–Trinajstić information content (AvgIpc) is 2.90. The lowest BCUT2D eigenvalue weighted by Crippen LogP contribution is -2.07.